The minimum absolute atomic E-state index is 0.122. The van der Waals surface area contributed by atoms with Crippen molar-refractivity contribution >= 4 is 0 Å². The molecule has 3 heteroatoms. The molecule has 0 fully saturated rings. The average molecular weight is 285 g/mol. The molecule has 0 aliphatic carbocycles. The van der Waals surface area contributed by atoms with E-state index in [2.05, 4.69) is 19.1 Å². The lowest BCUT2D eigenvalue weighted by Crippen LogP contribution is -2.20. The molecule has 2 atom stereocenters. The minimum atomic E-state index is -0.602. The smallest absolute Gasteiger partial charge is 0.118 e. The average Bonchev–Trinajstić information content (AvgIpc) is 2.56. The highest BCUT2D eigenvalue weighted by molar-refractivity contribution is 5.33. The number of aliphatic hydroxyl groups is 1. The monoisotopic (exact) mass is 285 g/mol. The van der Waals surface area contributed by atoms with Crippen LogP contribution in [0.25, 0.3) is 0 Å². The van der Waals surface area contributed by atoms with Gasteiger partial charge in [0.2, 0.25) is 0 Å². The van der Waals surface area contributed by atoms with E-state index in [1.54, 1.807) is 7.11 Å². The molecule has 0 bridgehead atoms. The molecule has 0 saturated carbocycles. The quantitative estimate of drug-likeness (QED) is 0.857. The Kier molecular flexibility index (Phi) is 5.37. The van der Waals surface area contributed by atoms with Gasteiger partial charge in [0.25, 0.3) is 0 Å². The van der Waals surface area contributed by atoms with Crippen LogP contribution in [0.1, 0.15) is 35.6 Å². The van der Waals surface area contributed by atoms with Gasteiger partial charge in [-0.3, -0.25) is 0 Å². The first-order valence-corrected chi connectivity index (χ1v) is 7.30. The van der Waals surface area contributed by atoms with Crippen LogP contribution in [0, 0.1) is 0 Å². The van der Waals surface area contributed by atoms with Crippen molar-refractivity contribution in [3.63, 3.8) is 0 Å². The van der Waals surface area contributed by atoms with Gasteiger partial charge in [-0.25, -0.2) is 0 Å². The van der Waals surface area contributed by atoms with Gasteiger partial charge >= 0.3 is 0 Å². The first-order chi connectivity index (χ1) is 10.2. The summed E-state index contributed by atoms with van der Waals surface area (Å²) >= 11 is 0. The molecule has 0 saturated heterocycles. The van der Waals surface area contributed by atoms with E-state index < -0.39 is 6.10 Å². The van der Waals surface area contributed by atoms with E-state index in [4.69, 9.17) is 10.5 Å². The molecule has 0 aromatic heterocycles. The highest BCUT2D eigenvalue weighted by atomic mass is 16.5. The molecule has 0 heterocycles. The van der Waals surface area contributed by atoms with Crippen LogP contribution >= 0.6 is 0 Å². The van der Waals surface area contributed by atoms with E-state index in [9.17, 15) is 5.11 Å². The third-order valence-corrected chi connectivity index (χ3v) is 3.91. The van der Waals surface area contributed by atoms with Crippen LogP contribution in [0.2, 0.25) is 0 Å². The molecule has 21 heavy (non-hydrogen) atoms. The number of benzene rings is 2. The van der Waals surface area contributed by atoms with Crippen molar-refractivity contribution in [3.8, 4) is 5.75 Å². The van der Waals surface area contributed by atoms with Crippen LogP contribution in [-0.4, -0.2) is 18.8 Å². The number of aliphatic hydroxyl groups excluding tert-OH is 1. The summed E-state index contributed by atoms with van der Waals surface area (Å²) in [6.45, 7) is 2.51. The van der Waals surface area contributed by atoms with Crippen LogP contribution in [0.15, 0.2) is 48.5 Å². The number of nitrogens with two attached hydrogens (primary N) is 1. The Morgan fingerprint density at radius 1 is 1.00 bits per heavy atom. The van der Waals surface area contributed by atoms with E-state index in [1.165, 1.54) is 5.56 Å². The van der Waals surface area contributed by atoms with Crippen LogP contribution in [-0.2, 0) is 6.42 Å². The van der Waals surface area contributed by atoms with Gasteiger partial charge < -0.3 is 15.6 Å². The molecule has 2 aromatic carbocycles. The second-order valence-corrected chi connectivity index (χ2v) is 5.16. The normalized spacial score (nSPS) is 13.7. The van der Waals surface area contributed by atoms with Crippen LogP contribution in [0.5, 0.6) is 5.75 Å². The van der Waals surface area contributed by atoms with Gasteiger partial charge in [-0.2, -0.15) is 0 Å². The van der Waals surface area contributed by atoms with Crippen molar-refractivity contribution in [3.05, 3.63) is 65.2 Å². The lowest BCUT2D eigenvalue weighted by molar-refractivity contribution is 0.147. The van der Waals surface area contributed by atoms with Gasteiger partial charge in [0, 0.05) is 12.5 Å². The fourth-order valence-electron chi connectivity index (χ4n) is 2.48. The molecule has 0 aliphatic heterocycles. The zero-order valence-corrected chi connectivity index (χ0v) is 12.6. The second-order valence-electron chi connectivity index (χ2n) is 5.16. The Morgan fingerprint density at radius 2 is 1.57 bits per heavy atom. The molecule has 112 valence electrons. The number of hydrogen-bond acceptors (Lipinski definition) is 3. The Hall–Kier alpha value is -1.84. The molecular formula is C18H23NO2. The maximum absolute atomic E-state index is 10.6. The summed E-state index contributed by atoms with van der Waals surface area (Å²) < 4.78 is 5.16. The molecule has 0 radical (unpaired) electrons. The van der Waals surface area contributed by atoms with Gasteiger partial charge in [-0.1, -0.05) is 43.3 Å². The maximum atomic E-state index is 10.6. The predicted octanol–water partition coefficient (Wildman–Crippen LogP) is 3.03. The summed E-state index contributed by atoms with van der Waals surface area (Å²) in [4.78, 5) is 0. The van der Waals surface area contributed by atoms with Gasteiger partial charge in [0.15, 0.2) is 0 Å². The summed E-state index contributed by atoms with van der Waals surface area (Å²) in [5, 5.41) is 10.6. The first kappa shape index (κ1) is 15.5. The predicted molar refractivity (Wildman–Crippen MR) is 85.6 cm³/mol. The van der Waals surface area contributed by atoms with E-state index in [-0.39, 0.29) is 5.92 Å². The van der Waals surface area contributed by atoms with Crippen LogP contribution < -0.4 is 10.5 Å². The molecule has 0 aliphatic rings. The van der Waals surface area contributed by atoms with E-state index >= 15 is 0 Å². The molecule has 0 spiro atoms. The van der Waals surface area contributed by atoms with Gasteiger partial charge in [-0.15, -0.1) is 0 Å². The SMILES string of the molecule is CCc1ccc(C(O)C(CN)c2ccc(OC)cc2)cc1. The molecule has 2 aromatic rings. The van der Waals surface area contributed by atoms with Crippen molar-refractivity contribution in [1.82, 2.24) is 0 Å². The number of rotatable bonds is 6. The van der Waals surface area contributed by atoms with E-state index in [0.29, 0.717) is 6.54 Å². The summed E-state index contributed by atoms with van der Waals surface area (Å²) in [6, 6.07) is 15.8. The number of ether oxygens (including phenoxy) is 1. The summed E-state index contributed by atoms with van der Waals surface area (Å²) in [6.07, 6.45) is 0.393. The van der Waals surface area contributed by atoms with Crippen molar-refractivity contribution in [1.29, 1.82) is 0 Å². The number of methoxy groups -OCH3 is 1. The molecule has 3 nitrogen and oxygen atoms in total. The fraction of sp³-hybridized carbons (Fsp3) is 0.333. The largest absolute Gasteiger partial charge is 0.497 e. The Labute approximate surface area is 126 Å². The zero-order valence-electron chi connectivity index (χ0n) is 12.6. The maximum Gasteiger partial charge on any atom is 0.118 e. The highest BCUT2D eigenvalue weighted by Crippen LogP contribution is 2.31. The third kappa shape index (κ3) is 3.63. The lowest BCUT2D eigenvalue weighted by Gasteiger charge is -2.22. The highest BCUT2D eigenvalue weighted by Gasteiger charge is 2.21. The number of hydrogen-bond donors (Lipinski definition) is 2. The van der Waals surface area contributed by atoms with Crippen molar-refractivity contribution in [2.75, 3.05) is 13.7 Å². The van der Waals surface area contributed by atoms with Crippen molar-refractivity contribution < 1.29 is 9.84 Å². The molecule has 3 N–H and O–H groups in total. The Balaban J connectivity index is 2.21. The number of aryl methyl sites for hydroxylation is 1. The second kappa shape index (κ2) is 7.25. The van der Waals surface area contributed by atoms with Gasteiger partial charge in [0.05, 0.1) is 13.2 Å². The minimum Gasteiger partial charge on any atom is -0.497 e. The molecule has 0 amide bonds. The molecule has 2 rings (SSSR count). The third-order valence-electron chi connectivity index (χ3n) is 3.91. The van der Waals surface area contributed by atoms with Crippen LogP contribution in [0.3, 0.4) is 0 Å². The topological polar surface area (TPSA) is 55.5 Å². The van der Waals surface area contributed by atoms with Gasteiger partial charge in [-0.05, 0) is 35.2 Å². The van der Waals surface area contributed by atoms with Gasteiger partial charge in [0.1, 0.15) is 5.75 Å². The van der Waals surface area contributed by atoms with Crippen molar-refractivity contribution in [2.24, 2.45) is 5.73 Å². The summed E-state index contributed by atoms with van der Waals surface area (Å²) in [5.41, 5.74) is 9.06. The standard InChI is InChI=1S/C18H23NO2/c1-3-13-4-6-15(7-5-13)18(20)17(12-19)14-8-10-16(21-2)11-9-14/h4-11,17-18,20H,3,12,19H2,1-2H3. The molecule has 2 unspecified atom stereocenters. The summed E-state index contributed by atoms with van der Waals surface area (Å²) in [5.74, 6) is 0.680. The van der Waals surface area contributed by atoms with Crippen molar-refractivity contribution in [2.45, 2.75) is 25.4 Å². The first-order valence-electron chi connectivity index (χ1n) is 7.30. The fourth-order valence-corrected chi connectivity index (χ4v) is 2.48. The Bertz CT molecular complexity index is 548. The van der Waals surface area contributed by atoms with E-state index in [0.717, 1.165) is 23.3 Å². The lowest BCUT2D eigenvalue weighted by atomic mass is 9.89. The Morgan fingerprint density at radius 3 is 2.05 bits per heavy atom. The summed E-state index contributed by atoms with van der Waals surface area (Å²) in [7, 11) is 1.64. The van der Waals surface area contributed by atoms with Crippen LogP contribution in [0.4, 0.5) is 0 Å². The zero-order chi connectivity index (χ0) is 15.2. The van der Waals surface area contributed by atoms with E-state index in [1.807, 2.05) is 36.4 Å². The molecular weight excluding hydrogens is 262 g/mol.